The van der Waals surface area contributed by atoms with Crippen molar-refractivity contribution in [1.29, 1.82) is 0 Å². The van der Waals surface area contributed by atoms with Gasteiger partial charge in [-0.05, 0) is 6.26 Å². The summed E-state index contributed by atoms with van der Waals surface area (Å²) >= 11 is 1.78. The highest BCUT2D eigenvalue weighted by atomic mass is 32.2. The number of hydrogen-bond acceptors (Lipinski definition) is 5. The molecule has 7 nitrogen and oxygen atoms in total. The number of morpholine rings is 1. The van der Waals surface area contributed by atoms with E-state index in [1.54, 1.807) is 30.8 Å². The summed E-state index contributed by atoms with van der Waals surface area (Å²) in [7, 11) is 3.48. The summed E-state index contributed by atoms with van der Waals surface area (Å²) < 4.78 is 5.34. The number of nitrogens with zero attached hydrogens (tertiary/aromatic N) is 3. The van der Waals surface area contributed by atoms with E-state index in [4.69, 9.17) is 4.74 Å². The normalized spacial score (nSPS) is 16.4. The van der Waals surface area contributed by atoms with Crippen molar-refractivity contribution in [3.05, 3.63) is 0 Å². The van der Waals surface area contributed by atoms with E-state index in [0.717, 1.165) is 51.7 Å². The molecule has 0 spiro atoms. The minimum atomic E-state index is -0.000791. The van der Waals surface area contributed by atoms with E-state index in [1.807, 2.05) is 0 Å². The van der Waals surface area contributed by atoms with Crippen molar-refractivity contribution < 1.29 is 9.53 Å². The Hall–Kier alpha value is -0.990. The van der Waals surface area contributed by atoms with Crippen molar-refractivity contribution in [1.82, 2.24) is 20.4 Å². The van der Waals surface area contributed by atoms with E-state index in [9.17, 15) is 4.79 Å². The molecule has 0 bridgehead atoms. The van der Waals surface area contributed by atoms with Gasteiger partial charge in [0, 0.05) is 52.6 Å². The number of thioether (sulfide) groups is 1. The number of carbonyl (C=O) groups is 1. The van der Waals surface area contributed by atoms with Crippen molar-refractivity contribution in [2.45, 2.75) is 0 Å². The Morgan fingerprint density at radius 3 is 2.59 bits per heavy atom. The quantitative estimate of drug-likeness (QED) is 0.348. The zero-order valence-electron chi connectivity index (χ0n) is 13.9. The maximum atomic E-state index is 11.6. The molecule has 0 aromatic carbocycles. The molecule has 1 heterocycles. The van der Waals surface area contributed by atoms with E-state index in [-0.39, 0.29) is 12.5 Å². The van der Waals surface area contributed by atoms with Crippen LogP contribution in [0.5, 0.6) is 0 Å². The summed E-state index contributed by atoms with van der Waals surface area (Å²) in [6, 6.07) is 0. The first kappa shape index (κ1) is 19.1. The largest absolute Gasteiger partial charge is 0.379 e. The molecule has 0 aliphatic carbocycles. The predicted molar refractivity (Wildman–Crippen MR) is 92.6 cm³/mol. The molecule has 0 saturated carbocycles. The fraction of sp³-hybridized carbons (Fsp3) is 0.857. The lowest BCUT2D eigenvalue weighted by molar-refractivity contribution is -0.127. The number of rotatable bonds is 8. The van der Waals surface area contributed by atoms with Crippen LogP contribution in [0, 0.1) is 0 Å². The van der Waals surface area contributed by atoms with Gasteiger partial charge in [-0.25, -0.2) is 4.99 Å². The fourth-order valence-corrected chi connectivity index (χ4v) is 2.20. The Bertz CT molecular complexity index is 346. The van der Waals surface area contributed by atoms with Gasteiger partial charge in [-0.3, -0.25) is 9.69 Å². The standard InChI is InChI=1S/C14H29N5O2S/c1-18(2)13(20)12-17-14(16-5-11-22-3)15-4-6-19-7-9-21-10-8-19/h4-12H2,1-3H3,(H2,15,16,17). The van der Waals surface area contributed by atoms with Crippen LogP contribution >= 0.6 is 11.8 Å². The Balaban J connectivity index is 2.35. The molecule has 1 aliphatic heterocycles. The molecule has 0 aromatic heterocycles. The van der Waals surface area contributed by atoms with Gasteiger partial charge in [0.2, 0.25) is 5.91 Å². The van der Waals surface area contributed by atoms with Crippen LogP contribution in [0.4, 0.5) is 0 Å². The number of likely N-dealkylation sites (N-methyl/N-ethyl adjacent to an activating group) is 1. The number of amides is 1. The number of aliphatic imine (C=N–C) groups is 1. The second-order valence-electron chi connectivity index (χ2n) is 5.25. The molecule has 8 heteroatoms. The molecule has 1 fully saturated rings. The first-order valence-electron chi connectivity index (χ1n) is 7.65. The molecule has 1 rings (SSSR count). The lowest BCUT2D eigenvalue weighted by Crippen LogP contribution is -2.45. The highest BCUT2D eigenvalue weighted by Gasteiger charge is 2.10. The molecule has 0 radical (unpaired) electrons. The van der Waals surface area contributed by atoms with Gasteiger partial charge in [0.05, 0.1) is 13.2 Å². The summed E-state index contributed by atoms with van der Waals surface area (Å²) in [5, 5.41) is 6.55. The molecule has 128 valence electrons. The van der Waals surface area contributed by atoms with Crippen LogP contribution in [-0.2, 0) is 9.53 Å². The van der Waals surface area contributed by atoms with Gasteiger partial charge in [0.1, 0.15) is 6.54 Å². The average molecular weight is 331 g/mol. The number of carbonyl (C=O) groups excluding carboxylic acids is 1. The Morgan fingerprint density at radius 2 is 1.95 bits per heavy atom. The number of ether oxygens (including phenoxy) is 1. The number of hydrogen-bond donors (Lipinski definition) is 2. The Morgan fingerprint density at radius 1 is 1.27 bits per heavy atom. The van der Waals surface area contributed by atoms with Crippen molar-refractivity contribution in [2.75, 3.05) is 78.6 Å². The summed E-state index contributed by atoms with van der Waals surface area (Å²) in [5.74, 6) is 1.71. The van der Waals surface area contributed by atoms with Crippen molar-refractivity contribution in [3.63, 3.8) is 0 Å². The SMILES string of the molecule is CSCCNC(=NCC(=O)N(C)C)NCCN1CCOCC1. The molecular weight excluding hydrogens is 302 g/mol. The highest BCUT2D eigenvalue weighted by molar-refractivity contribution is 7.98. The molecule has 1 amide bonds. The second kappa shape index (κ2) is 11.6. The molecule has 2 N–H and O–H groups in total. The highest BCUT2D eigenvalue weighted by Crippen LogP contribution is 1.94. The van der Waals surface area contributed by atoms with E-state index in [1.165, 1.54) is 0 Å². The maximum Gasteiger partial charge on any atom is 0.243 e. The van der Waals surface area contributed by atoms with Gasteiger partial charge in [-0.15, -0.1) is 0 Å². The van der Waals surface area contributed by atoms with Crippen LogP contribution in [0.1, 0.15) is 0 Å². The van der Waals surface area contributed by atoms with E-state index in [0.29, 0.717) is 5.96 Å². The third-order valence-corrected chi connectivity index (χ3v) is 3.91. The van der Waals surface area contributed by atoms with Crippen molar-refractivity contribution in [3.8, 4) is 0 Å². The van der Waals surface area contributed by atoms with Gasteiger partial charge in [-0.2, -0.15) is 11.8 Å². The summed E-state index contributed by atoms with van der Waals surface area (Å²) in [6.45, 7) is 6.34. The first-order valence-corrected chi connectivity index (χ1v) is 9.04. The summed E-state index contributed by atoms with van der Waals surface area (Å²) in [5.41, 5.74) is 0. The van der Waals surface area contributed by atoms with Crippen LogP contribution in [0.15, 0.2) is 4.99 Å². The monoisotopic (exact) mass is 331 g/mol. The molecule has 1 saturated heterocycles. The lowest BCUT2D eigenvalue weighted by atomic mass is 10.4. The van der Waals surface area contributed by atoms with Crippen LogP contribution in [0.2, 0.25) is 0 Å². The maximum absolute atomic E-state index is 11.6. The topological polar surface area (TPSA) is 69.2 Å². The Kier molecular flexibility index (Phi) is 10.0. The van der Waals surface area contributed by atoms with Crippen LogP contribution in [0.25, 0.3) is 0 Å². The molecule has 0 aromatic rings. The van der Waals surface area contributed by atoms with E-state index < -0.39 is 0 Å². The molecule has 1 aliphatic rings. The van der Waals surface area contributed by atoms with Crippen LogP contribution in [0.3, 0.4) is 0 Å². The predicted octanol–water partition coefficient (Wildman–Crippen LogP) is -0.695. The third kappa shape index (κ3) is 8.45. The lowest BCUT2D eigenvalue weighted by Gasteiger charge is -2.26. The zero-order chi connectivity index (χ0) is 16.2. The van der Waals surface area contributed by atoms with Gasteiger partial charge in [-0.1, -0.05) is 0 Å². The summed E-state index contributed by atoms with van der Waals surface area (Å²) in [6.07, 6.45) is 2.07. The summed E-state index contributed by atoms with van der Waals surface area (Å²) in [4.78, 5) is 19.9. The minimum absolute atomic E-state index is 0.000791. The van der Waals surface area contributed by atoms with Gasteiger partial charge in [0.25, 0.3) is 0 Å². The molecular formula is C14H29N5O2S. The number of nitrogens with one attached hydrogen (secondary N) is 2. The van der Waals surface area contributed by atoms with Gasteiger partial charge < -0.3 is 20.3 Å². The molecule has 0 atom stereocenters. The smallest absolute Gasteiger partial charge is 0.243 e. The average Bonchev–Trinajstić information content (AvgIpc) is 2.52. The Labute approximate surface area is 137 Å². The van der Waals surface area contributed by atoms with Gasteiger partial charge in [0.15, 0.2) is 5.96 Å². The van der Waals surface area contributed by atoms with Crippen molar-refractivity contribution >= 4 is 23.6 Å². The third-order valence-electron chi connectivity index (χ3n) is 3.29. The fourth-order valence-electron chi connectivity index (χ4n) is 1.89. The van der Waals surface area contributed by atoms with Crippen LogP contribution in [-0.4, -0.2) is 100 Å². The van der Waals surface area contributed by atoms with E-state index >= 15 is 0 Å². The first-order chi connectivity index (χ1) is 10.6. The second-order valence-corrected chi connectivity index (χ2v) is 6.24. The minimum Gasteiger partial charge on any atom is -0.379 e. The van der Waals surface area contributed by atoms with Gasteiger partial charge >= 0.3 is 0 Å². The number of guanidine groups is 1. The zero-order valence-corrected chi connectivity index (χ0v) is 14.7. The van der Waals surface area contributed by atoms with Crippen LogP contribution < -0.4 is 10.6 Å². The molecule has 22 heavy (non-hydrogen) atoms. The van der Waals surface area contributed by atoms with E-state index in [2.05, 4.69) is 26.8 Å². The van der Waals surface area contributed by atoms with Crippen molar-refractivity contribution in [2.24, 2.45) is 4.99 Å². The molecule has 0 unspecified atom stereocenters.